The van der Waals surface area contributed by atoms with Gasteiger partial charge in [0, 0.05) is 36.9 Å². The van der Waals surface area contributed by atoms with E-state index >= 15 is 0 Å². The first-order valence-electron chi connectivity index (χ1n) is 6.46. The Labute approximate surface area is 102 Å². The topological polar surface area (TPSA) is 38.2 Å². The average molecular weight is 233 g/mol. The van der Waals surface area contributed by atoms with Crippen LogP contribution in [-0.4, -0.2) is 35.8 Å². The fraction of sp³-hybridized carbons (Fsp3) is 0.692. The summed E-state index contributed by atoms with van der Waals surface area (Å²) < 4.78 is 5.46. The second-order valence-corrected chi connectivity index (χ2v) is 5.13. The molecule has 0 aromatic carbocycles. The minimum Gasteiger partial charge on any atom is -0.381 e. The maximum absolute atomic E-state index is 5.46. The van der Waals surface area contributed by atoms with Gasteiger partial charge in [-0.3, -0.25) is 0 Å². The summed E-state index contributed by atoms with van der Waals surface area (Å²) in [4.78, 5) is 11.0. The Bertz CT molecular complexity index is 386. The van der Waals surface area contributed by atoms with Gasteiger partial charge in [-0.25, -0.2) is 9.97 Å². The van der Waals surface area contributed by atoms with Crippen molar-refractivity contribution in [2.75, 3.05) is 24.7 Å². The van der Waals surface area contributed by atoms with E-state index in [4.69, 9.17) is 4.74 Å². The quantitative estimate of drug-likeness (QED) is 0.794. The van der Waals surface area contributed by atoms with Gasteiger partial charge in [-0.15, -0.1) is 0 Å². The fourth-order valence-electron chi connectivity index (χ4n) is 2.42. The minimum atomic E-state index is 0.672. The third-order valence-corrected chi connectivity index (χ3v) is 3.55. The summed E-state index contributed by atoms with van der Waals surface area (Å²) in [6, 6.07) is 2.79. The monoisotopic (exact) mass is 233 g/mol. The molecular formula is C13H19N3O. The van der Waals surface area contributed by atoms with Crippen molar-refractivity contribution in [1.82, 2.24) is 9.97 Å². The third-order valence-electron chi connectivity index (χ3n) is 3.55. The van der Waals surface area contributed by atoms with Crippen LogP contribution in [0.2, 0.25) is 0 Å². The molecular weight excluding hydrogens is 214 g/mol. The Morgan fingerprint density at radius 2 is 2.24 bits per heavy atom. The number of aryl methyl sites for hydroxylation is 1. The van der Waals surface area contributed by atoms with Gasteiger partial charge in [0.15, 0.2) is 0 Å². The lowest BCUT2D eigenvalue weighted by atomic mass is 10.1. The lowest BCUT2D eigenvalue weighted by Crippen LogP contribution is -2.32. The summed E-state index contributed by atoms with van der Waals surface area (Å²) in [5.74, 6) is 1.76. The van der Waals surface area contributed by atoms with Gasteiger partial charge in [0.25, 0.3) is 0 Å². The van der Waals surface area contributed by atoms with Gasteiger partial charge >= 0.3 is 0 Å². The molecule has 2 heterocycles. The molecule has 3 rings (SSSR count). The molecule has 0 N–H and O–H groups in total. The highest BCUT2D eigenvalue weighted by Crippen LogP contribution is 2.32. The molecule has 2 fully saturated rings. The van der Waals surface area contributed by atoms with Crippen molar-refractivity contribution in [2.45, 2.75) is 32.2 Å². The van der Waals surface area contributed by atoms with E-state index in [-0.39, 0.29) is 0 Å². The highest BCUT2D eigenvalue weighted by molar-refractivity contribution is 5.41. The minimum absolute atomic E-state index is 0.672. The molecule has 4 nitrogen and oxygen atoms in total. The first-order chi connectivity index (χ1) is 8.33. The number of hydrogen-bond donors (Lipinski definition) is 0. The Morgan fingerprint density at radius 3 is 2.88 bits per heavy atom. The largest absolute Gasteiger partial charge is 0.381 e. The number of anilines is 1. The van der Waals surface area contributed by atoms with E-state index in [1.807, 2.05) is 6.92 Å². The van der Waals surface area contributed by atoms with E-state index in [9.17, 15) is 0 Å². The molecule has 2 aliphatic rings. The van der Waals surface area contributed by atoms with Gasteiger partial charge in [0.2, 0.25) is 0 Å². The predicted octanol–water partition coefficient (Wildman–Crippen LogP) is 1.79. The van der Waals surface area contributed by atoms with Crippen LogP contribution in [0.4, 0.5) is 5.82 Å². The summed E-state index contributed by atoms with van der Waals surface area (Å²) in [6.45, 7) is 4.94. The van der Waals surface area contributed by atoms with Crippen molar-refractivity contribution in [1.29, 1.82) is 0 Å². The smallest absolute Gasteiger partial charge is 0.132 e. The average Bonchev–Trinajstić information content (AvgIpc) is 3.03. The first kappa shape index (κ1) is 11.0. The van der Waals surface area contributed by atoms with Crippen LogP contribution in [0, 0.1) is 12.8 Å². The van der Waals surface area contributed by atoms with E-state index in [1.165, 1.54) is 19.3 Å². The molecule has 0 spiro atoms. The van der Waals surface area contributed by atoms with Crippen LogP contribution in [0.3, 0.4) is 0 Å². The fourth-order valence-corrected chi connectivity index (χ4v) is 2.42. The number of nitrogens with zero attached hydrogens (tertiary/aromatic N) is 3. The lowest BCUT2D eigenvalue weighted by molar-refractivity contribution is 0.186. The summed E-state index contributed by atoms with van der Waals surface area (Å²) in [5.41, 5.74) is 1.04. The van der Waals surface area contributed by atoms with Gasteiger partial charge in [-0.1, -0.05) is 0 Å². The molecule has 1 aliphatic carbocycles. The van der Waals surface area contributed by atoms with Crippen molar-refractivity contribution in [3.05, 3.63) is 18.1 Å². The van der Waals surface area contributed by atoms with Crippen molar-refractivity contribution in [2.24, 2.45) is 5.92 Å². The summed E-state index contributed by atoms with van der Waals surface area (Å²) in [7, 11) is 0. The standard InChI is InChI=1S/C13H19N3O/c1-10-6-13(15-9-14-10)16(12-2-3-12)7-11-4-5-17-8-11/h6,9,11-12H,2-5,7-8H2,1H3. The van der Waals surface area contributed by atoms with Crippen molar-refractivity contribution in [3.8, 4) is 0 Å². The number of rotatable bonds is 4. The van der Waals surface area contributed by atoms with Crippen LogP contribution in [0.15, 0.2) is 12.4 Å². The Morgan fingerprint density at radius 1 is 1.35 bits per heavy atom. The molecule has 1 saturated heterocycles. The van der Waals surface area contributed by atoms with E-state index < -0.39 is 0 Å². The van der Waals surface area contributed by atoms with Crippen LogP contribution >= 0.6 is 0 Å². The molecule has 4 heteroatoms. The molecule has 1 aromatic rings. The van der Waals surface area contributed by atoms with E-state index in [0.717, 1.165) is 31.3 Å². The predicted molar refractivity (Wildman–Crippen MR) is 66.1 cm³/mol. The van der Waals surface area contributed by atoms with E-state index in [1.54, 1.807) is 6.33 Å². The van der Waals surface area contributed by atoms with Crippen molar-refractivity contribution < 1.29 is 4.74 Å². The van der Waals surface area contributed by atoms with E-state index in [0.29, 0.717) is 12.0 Å². The van der Waals surface area contributed by atoms with Crippen molar-refractivity contribution >= 4 is 5.82 Å². The van der Waals surface area contributed by atoms with Crippen LogP contribution in [-0.2, 0) is 4.74 Å². The zero-order valence-electron chi connectivity index (χ0n) is 10.3. The summed E-state index contributed by atoms with van der Waals surface area (Å²) in [5, 5.41) is 0. The van der Waals surface area contributed by atoms with Gasteiger partial charge in [-0.2, -0.15) is 0 Å². The SMILES string of the molecule is Cc1cc(N(CC2CCOC2)C2CC2)ncn1. The van der Waals surface area contributed by atoms with E-state index in [2.05, 4.69) is 20.9 Å². The number of aromatic nitrogens is 2. The number of ether oxygens (including phenoxy) is 1. The molecule has 1 aromatic heterocycles. The van der Waals surface area contributed by atoms with Gasteiger partial charge < -0.3 is 9.64 Å². The maximum Gasteiger partial charge on any atom is 0.132 e. The first-order valence-corrected chi connectivity index (χ1v) is 6.46. The zero-order valence-corrected chi connectivity index (χ0v) is 10.3. The molecule has 0 amide bonds. The summed E-state index contributed by atoms with van der Waals surface area (Å²) >= 11 is 0. The highest BCUT2D eigenvalue weighted by Gasteiger charge is 2.32. The molecule has 0 radical (unpaired) electrons. The Balaban J connectivity index is 1.74. The second-order valence-electron chi connectivity index (χ2n) is 5.13. The maximum atomic E-state index is 5.46. The Hall–Kier alpha value is -1.16. The third kappa shape index (κ3) is 2.57. The zero-order chi connectivity index (χ0) is 11.7. The van der Waals surface area contributed by atoms with Gasteiger partial charge in [-0.05, 0) is 26.2 Å². The highest BCUT2D eigenvalue weighted by atomic mass is 16.5. The van der Waals surface area contributed by atoms with Crippen molar-refractivity contribution in [3.63, 3.8) is 0 Å². The van der Waals surface area contributed by atoms with Gasteiger partial charge in [0.1, 0.15) is 12.1 Å². The molecule has 0 bridgehead atoms. The molecule has 1 unspecified atom stereocenters. The van der Waals surface area contributed by atoms with Gasteiger partial charge in [0.05, 0.1) is 6.61 Å². The molecule has 1 atom stereocenters. The summed E-state index contributed by atoms with van der Waals surface area (Å²) in [6.07, 6.45) is 5.46. The number of hydrogen-bond acceptors (Lipinski definition) is 4. The van der Waals surface area contributed by atoms with Crippen LogP contribution < -0.4 is 4.90 Å². The normalized spacial score (nSPS) is 23.9. The molecule has 17 heavy (non-hydrogen) atoms. The van der Waals surface area contributed by atoms with Crippen LogP contribution in [0.25, 0.3) is 0 Å². The molecule has 1 aliphatic heterocycles. The lowest BCUT2D eigenvalue weighted by Gasteiger charge is -2.26. The molecule has 1 saturated carbocycles. The van der Waals surface area contributed by atoms with Crippen LogP contribution in [0.1, 0.15) is 25.0 Å². The molecule has 92 valence electrons. The second kappa shape index (κ2) is 4.61. The Kier molecular flexibility index (Phi) is 2.97. The van der Waals surface area contributed by atoms with Crippen LogP contribution in [0.5, 0.6) is 0 Å².